The number of nitrogens with one attached hydrogen (secondary N) is 2. The Morgan fingerprint density at radius 2 is 1.74 bits per heavy atom. The van der Waals surface area contributed by atoms with Gasteiger partial charge in [0, 0.05) is 30.5 Å². The van der Waals surface area contributed by atoms with E-state index in [9.17, 15) is 14.4 Å². The van der Waals surface area contributed by atoms with Crippen LogP contribution in [0.4, 0.5) is 4.79 Å². The fraction of sp³-hybridized carbons (Fsp3) is 0.280. The molecule has 0 spiro atoms. The molecule has 1 aliphatic carbocycles. The van der Waals surface area contributed by atoms with Crippen LogP contribution in [0.3, 0.4) is 0 Å². The lowest BCUT2D eigenvalue weighted by molar-refractivity contribution is -0.148. The second kappa shape index (κ2) is 11.1. The van der Waals surface area contributed by atoms with Gasteiger partial charge in [0.05, 0.1) is 12.1 Å². The highest BCUT2D eigenvalue weighted by Crippen LogP contribution is 2.44. The summed E-state index contributed by atoms with van der Waals surface area (Å²) in [4.78, 5) is 41.5. The summed E-state index contributed by atoms with van der Waals surface area (Å²) < 4.78 is 10.4. The molecule has 0 saturated carbocycles. The van der Waals surface area contributed by atoms with Gasteiger partial charge >= 0.3 is 12.1 Å². The molecule has 2 unspecified atom stereocenters. The normalized spacial score (nSPS) is 13.9. The van der Waals surface area contributed by atoms with Crippen LogP contribution in [0, 0.1) is 0 Å². The first-order chi connectivity index (χ1) is 17.0. The van der Waals surface area contributed by atoms with Crippen molar-refractivity contribution in [2.75, 3.05) is 20.3 Å². The van der Waals surface area contributed by atoms with Crippen molar-refractivity contribution in [1.29, 1.82) is 0 Å². The molecule has 0 bridgehead atoms. The minimum Gasteiger partial charge on any atom is -0.479 e. The van der Waals surface area contributed by atoms with Gasteiger partial charge in [-0.15, -0.1) is 11.3 Å². The van der Waals surface area contributed by atoms with Gasteiger partial charge in [-0.2, -0.15) is 0 Å². The number of carboxylic acids is 1. The largest absolute Gasteiger partial charge is 0.479 e. The first kappa shape index (κ1) is 24.4. The molecule has 4 rings (SSSR count). The second-order valence-electron chi connectivity index (χ2n) is 8.00. The van der Waals surface area contributed by atoms with E-state index < -0.39 is 30.1 Å². The zero-order valence-electron chi connectivity index (χ0n) is 19.0. The van der Waals surface area contributed by atoms with E-state index in [1.807, 2.05) is 48.5 Å². The van der Waals surface area contributed by atoms with Crippen LogP contribution in [-0.2, 0) is 25.5 Å². The quantitative estimate of drug-likeness (QED) is 0.395. The molecule has 2 atom stereocenters. The van der Waals surface area contributed by atoms with E-state index in [0.717, 1.165) is 27.1 Å². The van der Waals surface area contributed by atoms with Crippen molar-refractivity contribution < 1.29 is 29.0 Å². The number of aromatic nitrogens is 1. The maximum Gasteiger partial charge on any atom is 0.407 e. The van der Waals surface area contributed by atoms with Crippen LogP contribution in [0.5, 0.6) is 0 Å². The summed E-state index contributed by atoms with van der Waals surface area (Å²) in [6.07, 6.45) is -0.138. The van der Waals surface area contributed by atoms with Gasteiger partial charge in [0.15, 0.2) is 6.10 Å². The van der Waals surface area contributed by atoms with Gasteiger partial charge in [0.25, 0.3) is 0 Å². The summed E-state index contributed by atoms with van der Waals surface area (Å²) in [6.45, 7) is -0.129. The van der Waals surface area contributed by atoms with Crippen LogP contribution < -0.4 is 10.6 Å². The molecule has 1 heterocycles. The highest BCUT2D eigenvalue weighted by Gasteiger charge is 2.30. The molecule has 2 amide bonds. The number of ether oxygens (including phenoxy) is 2. The summed E-state index contributed by atoms with van der Waals surface area (Å²) in [5.41, 5.74) is 6.03. The Kier molecular flexibility index (Phi) is 7.74. The number of amides is 2. The van der Waals surface area contributed by atoms with Crippen LogP contribution in [0.25, 0.3) is 11.1 Å². The number of rotatable bonds is 10. The van der Waals surface area contributed by atoms with E-state index in [0.29, 0.717) is 0 Å². The molecule has 10 heteroatoms. The molecule has 9 nitrogen and oxygen atoms in total. The molecule has 2 aromatic carbocycles. The van der Waals surface area contributed by atoms with Crippen molar-refractivity contribution in [2.24, 2.45) is 0 Å². The van der Waals surface area contributed by atoms with Crippen molar-refractivity contribution in [3.8, 4) is 11.1 Å². The molecular formula is C25H25N3O6S. The lowest BCUT2D eigenvalue weighted by atomic mass is 9.98. The van der Waals surface area contributed by atoms with Crippen molar-refractivity contribution in [1.82, 2.24) is 15.6 Å². The average molecular weight is 496 g/mol. The van der Waals surface area contributed by atoms with E-state index in [1.165, 1.54) is 18.4 Å². The highest BCUT2D eigenvalue weighted by molar-refractivity contribution is 7.09. The molecule has 3 aromatic rings. The molecule has 35 heavy (non-hydrogen) atoms. The summed E-state index contributed by atoms with van der Waals surface area (Å²) in [5.74, 6) is -1.86. The van der Waals surface area contributed by atoms with Crippen molar-refractivity contribution in [3.05, 3.63) is 76.2 Å². The first-order valence-electron chi connectivity index (χ1n) is 11.0. The Morgan fingerprint density at radius 3 is 2.31 bits per heavy atom. The monoisotopic (exact) mass is 495 g/mol. The lowest BCUT2D eigenvalue weighted by Crippen LogP contribution is -2.50. The maximum atomic E-state index is 12.8. The average Bonchev–Trinajstić information content (AvgIpc) is 3.48. The van der Waals surface area contributed by atoms with Crippen molar-refractivity contribution >= 4 is 29.3 Å². The number of aliphatic carboxylic acids is 1. The van der Waals surface area contributed by atoms with Gasteiger partial charge in [0.2, 0.25) is 5.91 Å². The second-order valence-corrected chi connectivity index (χ2v) is 8.97. The fourth-order valence-electron chi connectivity index (χ4n) is 4.12. The number of alkyl carbamates (subject to hydrolysis) is 1. The number of fused-ring (bicyclic) bond motifs is 3. The van der Waals surface area contributed by atoms with E-state index in [4.69, 9.17) is 14.6 Å². The zero-order chi connectivity index (χ0) is 24.8. The Morgan fingerprint density at radius 1 is 1.09 bits per heavy atom. The van der Waals surface area contributed by atoms with Crippen LogP contribution in [0.15, 0.2) is 60.2 Å². The minimum atomic E-state index is -1.20. The molecule has 0 fully saturated rings. The Hall–Kier alpha value is -3.76. The molecule has 182 valence electrons. The van der Waals surface area contributed by atoms with E-state index >= 15 is 0 Å². The van der Waals surface area contributed by atoms with Crippen LogP contribution >= 0.6 is 11.3 Å². The Labute approximate surface area is 206 Å². The van der Waals surface area contributed by atoms with Crippen molar-refractivity contribution in [2.45, 2.75) is 24.5 Å². The van der Waals surface area contributed by atoms with Crippen LogP contribution in [-0.4, -0.2) is 60.5 Å². The van der Waals surface area contributed by atoms with Crippen molar-refractivity contribution in [3.63, 3.8) is 0 Å². The van der Waals surface area contributed by atoms with E-state index in [1.54, 1.807) is 11.7 Å². The SMILES string of the molecule is COC(CNC(=O)C(Cc1cncs1)NC(=O)OCC1c2ccccc2-c2ccccc21)C(=O)O. The Bertz CT molecular complexity index is 1150. The maximum absolute atomic E-state index is 12.8. The molecule has 0 saturated heterocycles. The lowest BCUT2D eigenvalue weighted by Gasteiger charge is -2.20. The van der Waals surface area contributed by atoms with Crippen LogP contribution in [0.2, 0.25) is 0 Å². The van der Waals surface area contributed by atoms with Crippen LogP contribution in [0.1, 0.15) is 21.9 Å². The number of carboxylic acid groups (broad SMARTS) is 1. The summed E-state index contributed by atoms with van der Waals surface area (Å²) >= 11 is 1.35. The number of hydrogen-bond acceptors (Lipinski definition) is 7. The number of nitrogens with zero attached hydrogens (tertiary/aromatic N) is 1. The molecule has 0 aliphatic heterocycles. The zero-order valence-corrected chi connectivity index (χ0v) is 19.8. The van der Waals surface area contributed by atoms with E-state index in [2.05, 4.69) is 15.6 Å². The van der Waals surface area contributed by atoms with Gasteiger partial charge in [0.1, 0.15) is 12.6 Å². The molecule has 0 radical (unpaired) electrons. The topological polar surface area (TPSA) is 127 Å². The van der Waals surface area contributed by atoms with Gasteiger partial charge < -0.3 is 25.2 Å². The highest BCUT2D eigenvalue weighted by atomic mass is 32.1. The summed E-state index contributed by atoms with van der Waals surface area (Å²) in [5, 5.41) is 14.3. The number of hydrogen-bond donors (Lipinski definition) is 3. The van der Waals surface area contributed by atoms with Gasteiger partial charge in [-0.1, -0.05) is 48.5 Å². The number of benzene rings is 2. The minimum absolute atomic E-state index is 0.111. The third-order valence-electron chi connectivity index (χ3n) is 5.86. The summed E-state index contributed by atoms with van der Waals surface area (Å²) in [6, 6.07) is 15.0. The first-order valence-corrected chi connectivity index (χ1v) is 11.9. The van der Waals surface area contributed by atoms with Gasteiger partial charge in [-0.05, 0) is 22.3 Å². The molecular weight excluding hydrogens is 470 g/mol. The van der Waals surface area contributed by atoms with Gasteiger partial charge in [-0.3, -0.25) is 9.78 Å². The third kappa shape index (κ3) is 5.67. The fourth-order valence-corrected chi connectivity index (χ4v) is 4.77. The van der Waals surface area contributed by atoms with Gasteiger partial charge in [-0.25, -0.2) is 9.59 Å². The predicted octanol–water partition coefficient (Wildman–Crippen LogP) is 2.81. The Balaban J connectivity index is 1.41. The molecule has 3 N–H and O–H groups in total. The summed E-state index contributed by atoms with van der Waals surface area (Å²) in [7, 11) is 1.24. The predicted molar refractivity (Wildman–Crippen MR) is 129 cm³/mol. The standard InChI is InChI=1S/C25H25N3O6S/c1-33-22(24(30)31)12-27-23(29)21(10-15-11-26-14-35-15)28-25(32)34-13-20-18-8-4-2-6-16(18)17-7-3-5-9-19(17)20/h2-9,11,14,20-22H,10,12-13H2,1H3,(H,27,29)(H,28,32)(H,30,31). The molecule has 1 aliphatic rings. The molecule has 1 aromatic heterocycles. The number of carbonyl (C=O) groups excluding carboxylic acids is 2. The number of methoxy groups -OCH3 is 1. The third-order valence-corrected chi connectivity index (χ3v) is 6.66. The van der Waals surface area contributed by atoms with E-state index in [-0.39, 0.29) is 25.5 Å². The smallest absolute Gasteiger partial charge is 0.407 e. The number of carbonyl (C=O) groups is 3. The number of thiazole rings is 1.